The average molecular weight is 509 g/mol. The Labute approximate surface area is 213 Å². The summed E-state index contributed by atoms with van der Waals surface area (Å²) < 4.78 is 5.82. The Hall–Kier alpha value is -3.61. The molecule has 0 saturated carbocycles. The number of ether oxygens (including phenoxy) is 1. The van der Waals surface area contributed by atoms with Crippen molar-refractivity contribution in [2.75, 3.05) is 4.90 Å². The van der Waals surface area contributed by atoms with Crippen molar-refractivity contribution in [3.05, 3.63) is 98.5 Å². The van der Waals surface area contributed by atoms with Crippen LogP contribution in [0.5, 0.6) is 5.75 Å². The minimum Gasteiger partial charge on any atom is -0.486 e. The molecule has 1 N–H and O–H groups in total. The Morgan fingerprint density at radius 1 is 0.943 bits per heavy atom. The number of carbonyl (C=O) groups is 3. The molecule has 3 aromatic rings. The van der Waals surface area contributed by atoms with Gasteiger partial charge in [-0.1, -0.05) is 72.1 Å². The van der Waals surface area contributed by atoms with Crippen molar-refractivity contribution >= 4 is 52.8 Å². The molecule has 0 bridgehead atoms. The van der Waals surface area contributed by atoms with Crippen LogP contribution in [0.3, 0.4) is 0 Å². The van der Waals surface area contributed by atoms with Crippen molar-refractivity contribution < 1.29 is 19.1 Å². The van der Waals surface area contributed by atoms with Crippen molar-refractivity contribution in [1.82, 2.24) is 5.32 Å². The molecule has 1 fully saturated rings. The lowest BCUT2D eigenvalue weighted by Crippen LogP contribution is -2.54. The summed E-state index contributed by atoms with van der Waals surface area (Å²) in [6, 6.07) is 17.1. The van der Waals surface area contributed by atoms with E-state index in [1.165, 1.54) is 6.08 Å². The van der Waals surface area contributed by atoms with E-state index in [2.05, 4.69) is 5.32 Å². The second kappa shape index (κ2) is 10.3. The van der Waals surface area contributed by atoms with Crippen LogP contribution < -0.4 is 15.0 Å². The third-order valence-electron chi connectivity index (χ3n) is 5.50. The maximum absolute atomic E-state index is 13.1. The molecule has 0 aromatic heterocycles. The van der Waals surface area contributed by atoms with E-state index in [1.807, 2.05) is 50.2 Å². The Balaban J connectivity index is 1.60. The summed E-state index contributed by atoms with van der Waals surface area (Å²) in [4.78, 5) is 38.9. The monoisotopic (exact) mass is 508 g/mol. The maximum Gasteiger partial charge on any atom is 0.335 e. The molecule has 4 rings (SSSR count). The highest BCUT2D eigenvalue weighted by atomic mass is 35.5. The minimum absolute atomic E-state index is 0.218. The number of anilines is 1. The van der Waals surface area contributed by atoms with E-state index in [-0.39, 0.29) is 22.2 Å². The van der Waals surface area contributed by atoms with Crippen LogP contribution >= 0.6 is 23.2 Å². The normalized spacial score (nSPS) is 14.9. The molecule has 3 aromatic carbocycles. The molecule has 1 aliphatic rings. The van der Waals surface area contributed by atoms with E-state index in [0.717, 1.165) is 28.0 Å². The van der Waals surface area contributed by atoms with Gasteiger partial charge in [-0.2, -0.15) is 0 Å². The van der Waals surface area contributed by atoms with Crippen LogP contribution in [-0.2, 0) is 22.6 Å². The van der Waals surface area contributed by atoms with Crippen LogP contribution in [0.25, 0.3) is 6.08 Å². The van der Waals surface area contributed by atoms with Crippen LogP contribution in [-0.4, -0.2) is 17.8 Å². The lowest BCUT2D eigenvalue weighted by Gasteiger charge is -2.26. The summed E-state index contributed by atoms with van der Waals surface area (Å²) in [6.45, 7) is 4.27. The van der Waals surface area contributed by atoms with Crippen molar-refractivity contribution in [1.29, 1.82) is 0 Å². The smallest absolute Gasteiger partial charge is 0.335 e. The van der Waals surface area contributed by atoms with Crippen LogP contribution in [0.1, 0.15) is 29.2 Å². The van der Waals surface area contributed by atoms with Crippen molar-refractivity contribution in [3.8, 4) is 5.75 Å². The molecule has 0 radical (unpaired) electrons. The quantitative estimate of drug-likeness (QED) is 0.322. The number of barbiturate groups is 1. The molecule has 0 atom stereocenters. The summed E-state index contributed by atoms with van der Waals surface area (Å²) in [5, 5.41) is 2.66. The first-order valence-electron chi connectivity index (χ1n) is 10.9. The highest BCUT2D eigenvalue weighted by molar-refractivity contribution is 6.40. The first-order chi connectivity index (χ1) is 16.8. The zero-order valence-electron chi connectivity index (χ0n) is 19.1. The van der Waals surface area contributed by atoms with Crippen molar-refractivity contribution in [2.45, 2.75) is 26.9 Å². The topological polar surface area (TPSA) is 75.7 Å². The number of amides is 4. The molecule has 178 valence electrons. The number of hydrogen-bond donors (Lipinski definition) is 1. The molecule has 0 aliphatic carbocycles. The lowest BCUT2D eigenvalue weighted by atomic mass is 10.1. The van der Waals surface area contributed by atoms with Gasteiger partial charge in [0.1, 0.15) is 12.2 Å². The third kappa shape index (κ3) is 5.39. The van der Waals surface area contributed by atoms with Crippen LogP contribution in [0.15, 0.2) is 66.2 Å². The molecule has 0 unspecified atom stereocenters. The molecular weight excluding hydrogens is 487 g/mol. The van der Waals surface area contributed by atoms with Gasteiger partial charge in [0.05, 0.1) is 15.7 Å². The summed E-state index contributed by atoms with van der Waals surface area (Å²) in [7, 11) is 0. The largest absolute Gasteiger partial charge is 0.486 e. The summed E-state index contributed by atoms with van der Waals surface area (Å²) in [5.41, 5.74) is 3.68. The van der Waals surface area contributed by atoms with Gasteiger partial charge in [-0.25, -0.2) is 9.69 Å². The number of urea groups is 1. The van der Waals surface area contributed by atoms with Gasteiger partial charge >= 0.3 is 6.03 Å². The van der Waals surface area contributed by atoms with E-state index < -0.39 is 17.8 Å². The SMILES string of the molecule is CCc1ccc(N2C(=O)NC(=O)/C(=C/c3cc(Cl)c(OCc4cccc(C)c4)c(Cl)c3)C2=O)cc1. The Bertz CT molecular complexity index is 1330. The maximum atomic E-state index is 13.1. The van der Waals surface area contributed by atoms with Crippen molar-refractivity contribution in [3.63, 3.8) is 0 Å². The highest BCUT2D eigenvalue weighted by Crippen LogP contribution is 2.36. The molecule has 8 heteroatoms. The summed E-state index contributed by atoms with van der Waals surface area (Å²) in [6.07, 6.45) is 2.16. The zero-order chi connectivity index (χ0) is 25.1. The molecule has 1 aliphatic heterocycles. The number of benzene rings is 3. The van der Waals surface area contributed by atoms with E-state index >= 15 is 0 Å². The van der Waals surface area contributed by atoms with Gasteiger partial charge < -0.3 is 4.74 Å². The van der Waals surface area contributed by atoms with E-state index in [0.29, 0.717) is 17.0 Å². The van der Waals surface area contributed by atoms with Gasteiger partial charge in [0.25, 0.3) is 11.8 Å². The van der Waals surface area contributed by atoms with Gasteiger partial charge in [-0.05, 0) is 60.4 Å². The molecule has 4 amide bonds. The third-order valence-corrected chi connectivity index (χ3v) is 6.06. The van der Waals surface area contributed by atoms with E-state index in [4.69, 9.17) is 27.9 Å². The molecule has 35 heavy (non-hydrogen) atoms. The predicted octanol–water partition coefficient (Wildman–Crippen LogP) is 6.11. The zero-order valence-corrected chi connectivity index (χ0v) is 20.6. The highest BCUT2D eigenvalue weighted by Gasteiger charge is 2.36. The molecule has 1 saturated heterocycles. The van der Waals surface area contributed by atoms with Crippen LogP contribution in [0.2, 0.25) is 10.0 Å². The number of aryl methyl sites for hydroxylation is 2. The standard InChI is InChI=1S/C27H22Cl2N2O4/c1-3-17-7-9-20(10-8-17)31-26(33)21(25(32)30-27(31)34)12-19-13-22(28)24(23(29)14-19)35-15-18-6-4-5-16(2)11-18/h4-14H,3,15H2,1-2H3,(H,30,32,34)/b21-12-. The second-order valence-electron chi connectivity index (χ2n) is 8.07. The number of halogens is 2. The first kappa shape index (κ1) is 24.5. The number of hydrogen-bond acceptors (Lipinski definition) is 4. The fourth-order valence-electron chi connectivity index (χ4n) is 3.70. The second-order valence-corrected chi connectivity index (χ2v) is 8.88. The number of nitrogens with one attached hydrogen (secondary N) is 1. The van der Waals surface area contributed by atoms with Crippen molar-refractivity contribution in [2.24, 2.45) is 0 Å². The fraction of sp³-hybridized carbons (Fsp3) is 0.148. The molecule has 1 heterocycles. The number of carbonyl (C=O) groups excluding carboxylic acids is 3. The first-order valence-corrected chi connectivity index (χ1v) is 11.7. The number of rotatable bonds is 6. The number of nitrogens with zero attached hydrogens (tertiary/aromatic N) is 1. The van der Waals surface area contributed by atoms with Gasteiger partial charge in [-0.15, -0.1) is 0 Å². The van der Waals surface area contributed by atoms with E-state index in [1.54, 1.807) is 24.3 Å². The van der Waals surface area contributed by atoms with Gasteiger partial charge in [-0.3, -0.25) is 14.9 Å². The van der Waals surface area contributed by atoms with Crippen LogP contribution in [0.4, 0.5) is 10.5 Å². The Kier molecular flexibility index (Phi) is 7.24. The fourth-order valence-corrected chi connectivity index (χ4v) is 4.31. The molecule has 6 nitrogen and oxygen atoms in total. The van der Waals surface area contributed by atoms with Gasteiger partial charge in [0, 0.05) is 0 Å². The summed E-state index contributed by atoms with van der Waals surface area (Å²) in [5.74, 6) is -1.24. The lowest BCUT2D eigenvalue weighted by molar-refractivity contribution is -0.122. The Morgan fingerprint density at radius 3 is 2.26 bits per heavy atom. The predicted molar refractivity (Wildman–Crippen MR) is 137 cm³/mol. The van der Waals surface area contributed by atoms with Gasteiger partial charge in [0.2, 0.25) is 0 Å². The van der Waals surface area contributed by atoms with Crippen LogP contribution in [0, 0.1) is 6.92 Å². The summed E-state index contributed by atoms with van der Waals surface area (Å²) >= 11 is 12.8. The molecular formula is C27H22Cl2N2O4. The minimum atomic E-state index is -0.808. The number of imide groups is 2. The molecule has 0 spiro atoms. The van der Waals surface area contributed by atoms with Gasteiger partial charge in [0.15, 0.2) is 5.75 Å². The average Bonchev–Trinajstić information content (AvgIpc) is 2.81. The Morgan fingerprint density at radius 2 is 1.63 bits per heavy atom. The van der Waals surface area contributed by atoms with E-state index in [9.17, 15) is 14.4 Å².